The number of anilines is 1. The Morgan fingerprint density at radius 1 is 1.11 bits per heavy atom. The van der Waals surface area contributed by atoms with Gasteiger partial charge >= 0.3 is 12.2 Å². The number of carbonyl (C=O) groups excluding carboxylic acids is 2. The van der Waals surface area contributed by atoms with Crippen molar-refractivity contribution >= 4 is 35.0 Å². The molecule has 3 aromatic rings. The molecule has 3 rings (SSSR count). The van der Waals surface area contributed by atoms with E-state index in [2.05, 4.69) is 10.4 Å². The van der Waals surface area contributed by atoms with E-state index in [1.807, 2.05) is 35.7 Å². The normalized spacial score (nSPS) is 11.1. The Labute approximate surface area is 166 Å². The van der Waals surface area contributed by atoms with Crippen molar-refractivity contribution in [2.24, 2.45) is 0 Å². The number of pyridine rings is 1. The molecular weight excluding hydrogens is 380 g/mol. The van der Waals surface area contributed by atoms with Gasteiger partial charge in [0, 0.05) is 6.20 Å². The predicted molar refractivity (Wildman–Crippen MR) is 107 cm³/mol. The van der Waals surface area contributed by atoms with Crippen LogP contribution in [0.1, 0.15) is 27.7 Å². The number of nitrogens with zero attached hydrogens (tertiary/aromatic N) is 3. The van der Waals surface area contributed by atoms with Crippen LogP contribution in [0.5, 0.6) is 0 Å². The number of hydrogen-bond donors (Lipinski definition) is 1. The third-order valence-corrected chi connectivity index (χ3v) is 4.41. The Morgan fingerprint density at radius 3 is 2.50 bits per heavy atom. The second-order valence-electron chi connectivity index (χ2n) is 6.52. The molecule has 28 heavy (non-hydrogen) atoms. The number of amides is 2. The van der Waals surface area contributed by atoms with Crippen molar-refractivity contribution in [1.82, 2.24) is 14.8 Å². The summed E-state index contributed by atoms with van der Waals surface area (Å²) in [7, 11) is 0. The molecule has 0 spiro atoms. The van der Waals surface area contributed by atoms with Crippen molar-refractivity contribution in [3.05, 3.63) is 41.9 Å². The minimum absolute atomic E-state index is 0.345. The zero-order valence-electron chi connectivity index (χ0n) is 16.1. The molecule has 0 aliphatic heterocycles. The van der Waals surface area contributed by atoms with E-state index in [0.29, 0.717) is 17.2 Å². The van der Waals surface area contributed by atoms with Gasteiger partial charge in [-0.25, -0.2) is 20.0 Å². The zero-order valence-corrected chi connectivity index (χ0v) is 16.9. The highest BCUT2D eigenvalue weighted by molar-refractivity contribution is 7.13. The fraction of sp³-hybridized carbons (Fsp3) is 0.316. The van der Waals surface area contributed by atoms with Crippen LogP contribution in [0, 0.1) is 0 Å². The third-order valence-electron chi connectivity index (χ3n) is 3.54. The van der Waals surface area contributed by atoms with E-state index in [-0.39, 0.29) is 12.2 Å². The van der Waals surface area contributed by atoms with Gasteiger partial charge in [-0.15, -0.1) is 11.3 Å². The molecule has 2 amide bonds. The van der Waals surface area contributed by atoms with Crippen LogP contribution in [0.3, 0.4) is 0 Å². The quantitative estimate of drug-likeness (QED) is 0.651. The molecular formula is C19H22N4O4S. The van der Waals surface area contributed by atoms with Crippen LogP contribution >= 0.6 is 11.3 Å². The molecule has 0 aliphatic rings. The van der Waals surface area contributed by atoms with E-state index in [0.717, 1.165) is 9.89 Å². The molecule has 0 bridgehead atoms. The Hall–Kier alpha value is -3.07. The summed E-state index contributed by atoms with van der Waals surface area (Å²) >= 11 is 1.48. The molecule has 0 atom stereocenters. The lowest BCUT2D eigenvalue weighted by atomic mass is 10.3. The van der Waals surface area contributed by atoms with Crippen molar-refractivity contribution < 1.29 is 19.1 Å². The lowest BCUT2D eigenvalue weighted by Crippen LogP contribution is -2.48. The smallest absolute Gasteiger partial charge is 0.435 e. The molecule has 8 nitrogen and oxygen atoms in total. The molecule has 0 radical (unpaired) electrons. The maximum atomic E-state index is 12.8. The van der Waals surface area contributed by atoms with Crippen LogP contribution < -0.4 is 10.4 Å². The van der Waals surface area contributed by atoms with Gasteiger partial charge in [-0.1, -0.05) is 12.1 Å². The van der Waals surface area contributed by atoms with Crippen molar-refractivity contribution in [2.75, 3.05) is 5.01 Å². The lowest BCUT2D eigenvalue weighted by Gasteiger charge is -2.24. The molecule has 0 saturated heterocycles. The molecule has 0 aliphatic carbocycles. The van der Waals surface area contributed by atoms with Crippen LogP contribution in [0.4, 0.5) is 15.4 Å². The van der Waals surface area contributed by atoms with Gasteiger partial charge in [-0.05, 0) is 51.3 Å². The van der Waals surface area contributed by atoms with E-state index >= 15 is 0 Å². The Bertz CT molecular complexity index is 966. The van der Waals surface area contributed by atoms with Crippen LogP contribution in [-0.4, -0.2) is 33.8 Å². The fourth-order valence-electron chi connectivity index (χ4n) is 2.55. The van der Waals surface area contributed by atoms with Gasteiger partial charge in [0.05, 0.1) is 17.1 Å². The van der Waals surface area contributed by atoms with Crippen LogP contribution in [0.25, 0.3) is 16.2 Å². The largest absolute Gasteiger partial charge is 0.446 e. The zero-order chi connectivity index (χ0) is 20.3. The summed E-state index contributed by atoms with van der Waals surface area (Å²) in [5.74, 6) is 0.365. The number of hydrogen-bond acceptors (Lipinski definition) is 6. The van der Waals surface area contributed by atoms with Crippen molar-refractivity contribution in [3.8, 4) is 10.6 Å². The molecule has 9 heteroatoms. The average molecular weight is 402 g/mol. The molecule has 3 aromatic heterocycles. The summed E-state index contributed by atoms with van der Waals surface area (Å²) in [6, 6.07) is 9.27. The van der Waals surface area contributed by atoms with E-state index in [1.165, 1.54) is 11.3 Å². The summed E-state index contributed by atoms with van der Waals surface area (Å²) < 4.78 is 12.2. The summed E-state index contributed by atoms with van der Waals surface area (Å²) in [5.41, 5.74) is 3.67. The summed E-state index contributed by atoms with van der Waals surface area (Å²) in [4.78, 5) is 30.6. The van der Waals surface area contributed by atoms with E-state index < -0.39 is 12.2 Å². The molecule has 1 N–H and O–H groups in total. The fourth-order valence-corrected chi connectivity index (χ4v) is 3.26. The van der Waals surface area contributed by atoms with Crippen LogP contribution in [-0.2, 0) is 9.47 Å². The number of imidazole rings is 1. The Balaban J connectivity index is 2.12. The van der Waals surface area contributed by atoms with Gasteiger partial charge in [-0.3, -0.25) is 4.40 Å². The van der Waals surface area contributed by atoms with Gasteiger partial charge < -0.3 is 9.47 Å². The van der Waals surface area contributed by atoms with E-state index in [1.54, 1.807) is 38.3 Å². The molecule has 148 valence electrons. The first-order chi connectivity index (χ1) is 13.4. The summed E-state index contributed by atoms with van der Waals surface area (Å²) in [6.07, 6.45) is -0.457. The van der Waals surface area contributed by atoms with Gasteiger partial charge in [0.2, 0.25) is 0 Å². The number of rotatable bonds is 4. The number of nitrogens with one attached hydrogen (secondary N) is 1. The highest BCUT2D eigenvalue weighted by atomic mass is 32.1. The first kappa shape index (κ1) is 19.7. The second kappa shape index (κ2) is 8.30. The SMILES string of the molecule is CC(C)OC(=O)NN(C(=O)OC(C)C)c1c(-c2cccs2)nc2ccccn12. The molecule has 0 saturated carbocycles. The van der Waals surface area contributed by atoms with Crippen molar-refractivity contribution in [3.63, 3.8) is 0 Å². The molecule has 3 heterocycles. The highest BCUT2D eigenvalue weighted by Gasteiger charge is 2.29. The monoisotopic (exact) mass is 402 g/mol. The standard InChI is InChI=1S/C19H22N4O4S/c1-12(2)26-18(24)21-23(19(25)27-13(3)4)17-16(14-8-7-11-28-14)20-15-9-5-6-10-22(15)17/h5-13H,1-4H3,(H,21,24). The van der Waals surface area contributed by atoms with Gasteiger partial charge in [0.1, 0.15) is 11.3 Å². The predicted octanol–water partition coefficient (Wildman–Crippen LogP) is 4.46. The van der Waals surface area contributed by atoms with E-state index in [9.17, 15) is 9.59 Å². The number of thiophene rings is 1. The number of ether oxygens (including phenoxy) is 2. The molecule has 0 fully saturated rings. The first-order valence-corrected chi connectivity index (χ1v) is 9.73. The number of carbonyl (C=O) groups is 2. The number of aromatic nitrogens is 2. The van der Waals surface area contributed by atoms with E-state index in [4.69, 9.17) is 9.47 Å². The topological polar surface area (TPSA) is 85.2 Å². The number of fused-ring (bicyclic) bond motifs is 1. The highest BCUT2D eigenvalue weighted by Crippen LogP contribution is 2.34. The number of hydrazine groups is 1. The summed E-state index contributed by atoms with van der Waals surface area (Å²) in [5, 5.41) is 2.96. The van der Waals surface area contributed by atoms with Gasteiger partial charge in [-0.2, -0.15) is 5.01 Å². The van der Waals surface area contributed by atoms with Crippen molar-refractivity contribution in [2.45, 2.75) is 39.9 Å². The maximum Gasteiger partial charge on any atom is 0.435 e. The second-order valence-corrected chi connectivity index (χ2v) is 7.47. The minimum atomic E-state index is -0.765. The first-order valence-electron chi connectivity index (χ1n) is 8.85. The maximum absolute atomic E-state index is 12.8. The third kappa shape index (κ3) is 4.25. The Morgan fingerprint density at radius 2 is 1.86 bits per heavy atom. The average Bonchev–Trinajstić information content (AvgIpc) is 3.26. The molecule has 0 aromatic carbocycles. The van der Waals surface area contributed by atoms with Crippen LogP contribution in [0.15, 0.2) is 41.9 Å². The lowest BCUT2D eigenvalue weighted by molar-refractivity contribution is 0.103. The van der Waals surface area contributed by atoms with Gasteiger partial charge in [0.25, 0.3) is 0 Å². The van der Waals surface area contributed by atoms with Gasteiger partial charge in [0.15, 0.2) is 5.82 Å². The minimum Gasteiger partial charge on any atom is -0.446 e. The Kier molecular flexibility index (Phi) is 5.84. The summed E-state index contributed by atoms with van der Waals surface area (Å²) in [6.45, 7) is 6.91. The van der Waals surface area contributed by atoms with Crippen LogP contribution in [0.2, 0.25) is 0 Å². The van der Waals surface area contributed by atoms with Crippen molar-refractivity contribution in [1.29, 1.82) is 0 Å². The molecule has 0 unspecified atom stereocenters.